The summed E-state index contributed by atoms with van der Waals surface area (Å²) in [5.41, 5.74) is 0.147. The molecule has 0 atom stereocenters. The van der Waals surface area contributed by atoms with Crippen molar-refractivity contribution in [3.05, 3.63) is 32.8 Å². The van der Waals surface area contributed by atoms with Crippen LogP contribution in [0.25, 0.3) is 0 Å². The zero-order valence-corrected chi connectivity index (χ0v) is 10.2. The lowest BCUT2D eigenvalue weighted by Gasteiger charge is -2.07. The molecular weight excluding hydrogens is 246 g/mol. The number of nitro benzene ring substituents is 1. The third-order valence-corrected chi connectivity index (χ3v) is 2.41. The molecule has 92 valence electrons. The third-order valence-electron chi connectivity index (χ3n) is 2.12. The first-order chi connectivity index (χ1) is 8.01. The van der Waals surface area contributed by atoms with Gasteiger partial charge in [0.25, 0.3) is 11.6 Å². The fourth-order valence-corrected chi connectivity index (χ4v) is 1.69. The molecule has 0 aliphatic rings. The summed E-state index contributed by atoms with van der Waals surface area (Å²) in [5.74, 6) is -0.389. The van der Waals surface area contributed by atoms with E-state index in [-0.39, 0.29) is 27.9 Å². The normalized spacial score (nSPS) is 9.82. The van der Waals surface area contributed by atoms with Gasteiger partial charge in [-0.15, -0.1) is 0 Å². The average Bonchev–Trinajstić information content (AvgIpc) is 2.28. The molecule has 0 heterocycles. The summed E-state index contributed by atoms with van der Waals surface area (Å²) in [6.45, 7) is 2.20. The van der Waals surface area contributed by atoms with Crippen LogP contribution in [0.4, 0.5) is 11.4 Å². The SMILES string of the molecule is CCNC(=O)c1cc(Cl)c(NC)c([N+](=O)[O-])c1. The van der Waals surface area contributed by atoms with Crippen molar-refractivity contribution < 1.29 is 9.72 Å². The standard InChI is InChI=1S/C10H12ClN3O3/c1-3-13-10(15)6-4-7(11)9(12-2)8(5-6)14(16)17/h4-5,12H,3H2,1-2H3,(H,13,15). The number of nitrogens with one attached hydrogen (secondary N) is 2. The molecule has 0 aliphatic carbocycles. The minimum atomic E-state index is -0.583. The van der Waals surface area contributed by atoms with E-state index >= 15 is 0 Å². The maximum Gasteiger partial charge on any atom is 0.294 e. The van der Waals surface area contributed by atoms with Crippen LogP contribution in [-0.2, 0) is 0 Å². The molecule has 2 N–H and O–H groups in total. The van der Waals surface area contributed by atoms with Gasteiger partial charge in [-0.05, 0) is 13.0 Å². The smallest absolute Gasteiger partial charge is 0.294 e. The Morgan fingerprint density at radius 3 is 2.65 bits per heavy atom. The van der Waals surface area contributed by atoms with Gasteiger partial charge in [-0.2, -0.15) is 0 Å². The quantitative estimate of drug-likeness (QED) is 0.639. The van der Waals surface area contributed by atoms with E-state index in [0.717, 1.165) is 0 Å². The second-order valence-corrected chi connectivity index (χ2v) is 3.63. The molecule has 1 amide bonds. The summed E-state index contributed by atoms with van der Waals surface area (Å²) >= 11 is 5.88. The highest BCUT2D eigenvalue weighted by Crippen LogP contribution is 2.33. The minimum absolute atomic E-state index is 0.142. The van der Waals surface area contributed by atoms with Crippen molar-refractivity contribution in [2.45, 2.75) is 6.92 Å². The monoisotopic (exact) mass is 257 g/mol. The van der Waals surface area contributed by atoms with Gasteiger partial charge in [-0.3, -0.25) is 14.9 Å². The van der Waals surface area contributed by atoms with E-state index < -0.39 is 4.92 Å². The van der Waals surface area contributed by atoms with E-state index in [1.807, 2.05) is 0 Å². The van der Waals surface area contributed by atoms with Crippen LogP contribution in [0.2, 0.25) is 5.02 Å². The van der Waals surface area contributed by atoms with Crippen LogP contribution in [0.5, 0.6) is 0 Å². The lowest BCUT2D eigenvalue weighted by Crippen LogP contribution is -2.22. The van der Waals surface area contributed by atoms with Gasteiger partial charge in [0.05, 0.1) is 9.95 Å². The maximum absolute atomic E-state index is 11.6. The fourth-order valence-electron chi connectivity index (χ4n) is 1.38. The second-order valence-electron chi connectivity index (χ2n) is 3.22. The predicted molar refractivity (Wildman–Crippen MR) is 65.7 cm³/mol. The highest BCUT2D eigenvalue weighted by molar-refractivity contribution is 6.34. The number of carbonyl (C=O) groups excluding carboxylic acids is 1. The number of hydrogen-bond acceptors (Lipinski definition) is 4. The Morgan fingerprint density at radius 1 is 1.53 bits per heavy atom. The van der Waals surface area contributed by atoms with Gasteiger partial charge in [-0.25, -0.2) is 0 Å². The van der Waals surface area contributed by atoms with Gasteiger partial charge in [0.15, 0.2) is 0 Å². The zero-order chi connectivity index (χ0) is 13.0. The van der Waals surface area contributed by atoms with Gasteiger partial charge < -0.3 is 10.6 Å². The molecule has 0 saturated heterocycles. The Morgan fingerprint density at radius 2 is 2.18 bits per heavy atom. The van der Waals surface area contributed by atoms with E-state index in [2.05, 4.69) is 10.6 Å². The van der Waals surface area contributed by atoms with Gasteiger partial charge in [0.1, 0.15) is 5.69 Å². The van der Waals surface area contributed by atoms with Gasteiger partial charge in [0.2, 0.25) is 0 Å². The van der Waals surface area contributed by atoms with Crippen molar-refractivity contribution >= 4 is 28.9 Å². The first-order valence-corrected chi connectivity index (χ1v) is 5.33. The van der Waals surface area contributed by atoms with Crippen molar-refractivity contribution in [2.24, 2.45) is 0 Å². The molecule has 0 spiro atoms. The molecule has 1 rings (SSSR count). The van der Waals surface area contributed by atoms with Gasteiger partial charge >= 0.3 is 0 Å². The molecule has 1 aromatic rings. The van der Waals surface area contributed by atoms with E-state index in [9.17, 15) is 14.9 Å². The number of nitrogens with zero attached hydrogens (tertiary/aromatic N) is 1. The third kappa shape index (κ3) is 2.85. The highest BCUT2D eigenvalue weighted by Gasteiger charge is 2.20. The molecule has 7 heteroatoms. The molecule has 0 saturated carbocycles. The molecule has 0 radical (unpaired) electrons. The number of hydrogen-bond donors (Lipinski definition) is 2. The molecule has 0 fully saturated rings. The number of halogens is 1. The number of nitro groups is 1. The number of carbonyl (C=O) groups is 1. The van der Waals surface area contributed by atoms with E-state index in [1.165, 1.54) is 19.2 Å². The highest BCUT2D eigenvalue weighted by atomic mass is 35.5. The fraction of sp³-hybridized carbons (Fsp3) is 0.300. The zero-order valence-electron chi connectivity index (χ0n) is 9.41. The molecule has 1 aromatic carbocycles. The molecular formula is C10H12ClN3O3. The summed E-state index contributed by atoms with van der Waals surface area (Å²) in [6.07, 6.45) is 0. The summed E-state index contributed by atoms with van der Waals surface area (Å²) in [4.78, 5) is 21.8. The van der Waals surface area contributed by atoms with Crippen LogP contribution in [0.3, 0.4) is 0 Å². The molecule has 0 aliphatic heterocycles. The number of benzene rings is 1. The Labute approximate surface area is 103 Å². The minimum Gasteiger partial charge on any atom is -0.381 e. The lowest BCUT2D eigenvalue weighted by molar-refractivity contribution is -0.383. The summed E-state index contributed by atoms with van der Waals surface area (Å²) in [6, 6.07) is 2.59. The topological polar surface area (TPSA) is 84.3 Å². The Kier molecular flexibility index (Phi) is 4.28. The number of anilines is 1. The molecule has 17 heavy (non-hydrogen) atoms. The average molecular weight is 258 g/mol. The van der Waals surface area contributed by atoms with Crippen LogP contribution in [0, 0.1) is 10.1 Å². The van der Waals surface area contributed by atoms with E-state index in [0.29, 0.717) is 6.54 Å². The van der Waals surface area contributed by atoms with Crippen LogP contribution < -0.4 is 10.6 Å². The molecule has 0 bridgehead atoms. The Bertz CT molecular complexity index is 462. The van der Waals surface area contributed by atoms with Crippen molar-refractivity contribution in [3.63, 3.8) is 0 Å². The van der Waals surface area contributed by atoms with Crippen molar-refractivity contribution in [2.75, 3.05) is 18.9 Å². The Balaban J connectivity index is 3.29. The molecule has 6 nitrogen and oxygen atoms in total. The van der Waals surface area contributed by atoms with E-state index in [1.54, 1.807) is 6.92 Å². The van der Waals surface area contributed by atoms with Gasteiger partial charge in [-0.1, -0.05) is 11.6 Å². The van der Waals surface area contributed by atoms with Crippen molar-refractivity contribution in [1.82, 2.24) is 5.32 Å². The lowest BCUT2D eigenvalue weighted by atomic mass is 10.1. The largest absolute Gasteiger partial charge is 0.381 e. The van der Waals surface area contributed by atoms with Crippen LogP contribution in [-0.4, -0.2) is 24.4 Å². The van der Waals surface area contributed by atoms with Crippen molar-refractivity contribution in [1.29, 1.82) is 0 Å². The summed E-state index contributed by atoms with van der Waals surface area (Å²) < 4.78 is 0. The number of rotatable bonds is 4. The van der Waals surface area contributed by atoms with Crippen LogP contribution in [0.1, 0.15) is 17.3 Å². The summed E-state index contributed by atoms with van der Waals surface area (Å²) in [5, 5.41) is 16.2. The van der Waals surface area contributed by atoms with Gasteiger partial charge in [0, 0.05) is 25.2 Å². The first-order valence-electron chi connectivity index (χ1n) is 4.95. The van der Waals surface area contributed by atoms with Crippen LogP contribution >= 0.6 is 11.6 Å². The first kappa shape index (κ1) is 13.2. The van der Waals surface area contributed by atoms with Crippen molar-refractivity contribution in [3.8, 4) is 0 Å². The summed E-state index contributed by atoms with van der Waals surface area (Å²) in [7, 11) is 1.53. The van der Waals surface area contributed by atoms with Crippen LogP contribution in [0.15, 0.2) is 12.1 Å². The predicted octanol–water partition coefficient (Wildman–Crippen LogP) is 2.04. The maximum atomic E-state index is 11.6. The number of amides is 1. The molecule has 0 unspecified atom stereocenters. The molecule has 0 aromatic heterocycles. The second kappa shape index (κ2) is 5.49. The van der Waals surface area contributed by atoms with E-state index in [4.69, 9.17) is 11.6 Å². The Hall–Kier alpha value is -1.82.